The number of nitriles is 1. The maximum absolute atomic E-state index is 12.0. The molecule has 0 radical (unpaired) electrons. The Labute approximate surface area is 126 Å². The molecule has 1 amide bonds. The first-order valence-corrected chi connectivity index (χ1v) is 7.24. The highest BCUT2D eigenvalue weighted by Gasteiger charge is 2.14. The van der Waals surface area contributed by atoms with Gasteiger partial charge in [0.2, 0.25) is 5.91 Å². The Morgan fingerprint density at radius 2 is 2.19 bits per heavy atom. The number of carbonyl (C=O) groups excluding carboxylic acids is 1. The normalized spacial score (nSPS) is 11.3. The summed E-state index contributed by atoms with van der Waals surface area (Å²) in [6.07, 6.45) is 3.24. The first kappa shape index (κ1) is 16.8. The molecule has 1 unspecified atom stereocenters. The third kappa shape index (κ3) is 5.35. The van der Waals surface area contributed by atoms with Crippen LogP contribution in [-0.4, -0.2) is 25.6 Å². The van der Waals surface area contributed by atoms with Crippen molar-refractivity contribution >= 4 is 11.6 Å². The number of hydrogen-bond donors (Lipinski definition) is 2. The summed E-state index contributed by atoms with van der Waals surface area (Å²) in [6.45, 7) is 4.62. The van der Waals surface area contributed by atoms with E-state index in [0.29, 0.717) is 23.5 Å². The van der Waals surface area contributed by atoms with E-state index in [0.717, 1.165) is 19.3 Å². The highest BCUT2D eigenvalue weighted by atomic mass is 16.5. The lowest BCUT2D eigenvalue weighted by molar-refractivity contribution is -0.121. The molecule has 5 nitrogen and oxygen atoms in total. The van der Waals surface area contributed by atoms with Gasteiger partial charge >= 0.3 is 0 Å². The van der Waals surface area contributed by atoms with Gasteiger partial charge in [-0.15, -0.1) is 0 Å². The largest absolute Gasteiger partial charge is 0.495 e. The molecule has 2 N–H and O–H groups in total. The van der Waals surface area contributed by atoms with Gasteiger partial charge in [0.05, 0.1) is 24.4 Å². The van der Waals surface area contributed by atoms with Gasteiger partial charge in [-0.25, -0.2) is 0 Å². The van der Waals surface area contributed by atoms with Gasteiger partial charge in [-0.3, -0.25) is 4.79 Å². The fourth-order valence-electron chi connectivity index (χ4n) is 1.92. The predicted molar refractivity (Wildman–Crippen MR) is 83.3 cm³/mol. The Balaban J connectivity index is 2.59. The van der Waals surface area contributed by atoms with Crippen LogP contribution >= 0.6 is 0 Å². The lowest BCUT2D eigenvalue weighted by Gasteiger charge is -2.17. The van der Waals surface area contributed by atoms with Crippen molar-refractivity contribution < 1.29 is 9.53 Å². The Kier molecular flexibility index (Phi) is 7.10. The fourth-order valence-corrected chi connectivity index (χ4v) is 1.92. The lowest BCUT2D eigenvalue weighted by atomic mass is 10.2. The van der Waals surface area contributed by atoms with E-state index < -0.39 is 0 Å². The van der Waals surface area contributed by atoms with Crippen molar-refractivity contribution in [3.63, 3.8) is 0 Å². The van der Waals surface area contributed by atoms with E-state index in [4.69, 9.17) is 10.00 Å². The van der Waals surface area contributed by atoms with Crippen LogP contribution in [0.3, 0.4) is 0 Å². The average Bonchev–Trinajstić information content (AvgIpc) is 2.51. The lowest BCUT2D eigenvalue weighted by Crippen LogP contribution is -2.38. The van der Waals surface area contributed by atoms with Crippen LogP contribution in [-0.2, 0) is 4.79 Å². The summed E-state index contributed by atoms with van der Waals surface area (Å²) in [4.78, 5) is 12.0. The SMILES string of the molecule is CCCCCNC(=O)C(C)Nc1ccc(C#N)cc1OC. The molecule has 0 saturated heterocycles. The molecule has 1 atom stereocenters. The Morgan fingerprint density at radius 3 is 2.81 bits per heavy atom. The summed E-state index contributed by atoms with van der Waals surface area (Å²) in [5.74, 6) is 0.511. The number of amides is 1. The van der Waals surface area contributed by atoms with Crippen molar-refractivity contribution in [2.45, 2.75) is 39.2 Å². The van der Waals surface area contributed by atoms with Crippen molar-refractivity contribution in [3.8, 4) is 11.8 Å². The number of unbranched alkanes of at least 4 members (excludes halogenated alkanes) is 2. The maximum Gasteiger partial charge on any atom is 0.242 e. The quantitative estimate of drug-likeness (QED) is 0.722. The van der Waals surface area contributed by atoms with Crippen LogP contribution in [0.2, 0.25) is 0 Å². The Hall–Kier alpha value is -2.22. The zero-order valence-corrected chi connectivity index (χ0v) is 12.9. The van der Waals surface area contributed by atoms with E-state index in [1.807, 2.05) is 0 Å². The summed E-state index contributed by atoms with van der Waals surface area (Å²) in [5, 5.41) is 14.9. The molecule has 0 aliphatic heterocycles. The topological polar surface area (TPSA) is 74.2 Å². The van der Waals surface area contributed by atoms with Gasteiger partial charge in [0, 0.05) is 12.6 Å². The summed E-state index contributed by atoms with van der Waals surface area (Å²) in [6, 6.07) is 6.78. The first-order chi connectivity index (χ1) is 10.1. The minimum absolute atomic E-state index is 0.0440. The van der Waals surface area contributed by atoms with Crippen molar-refractivity contribution in [2.24, 2.45) is 0 Å². The van der Waals surface area contributed by atoms with Crippen LogP contribution in [0.15, 0.2) is 18.2 Å². The zero-order chi connectivity index (χ0) is 15.7. The molecule has 0 spiro atoms. The first-order valence-electron chi connectivity index (χ1n) is 7.24. The summed E-state index contributed by atoms with van der Waals surface area (Å²) >= 11 is 0. The second kappa shape index (κ2) is 8.85. The van der Waals surface area contributed by atoms with Crippen molar-refractivity contribution in [1.29, 1.82) is 5.26 Å². The molecule has 0 bridgehead atoms. The molecule has 1 rings (SSSR count). The second-order valence-corrected chi connectivity index (χ2v) is 4.89. The molecule has 114 valence electrons. The highest BCUT2D eigenvalue weighted by Crippen LogP contribution is 2.25. The van der Waals surface area contributed by atoms with Crippen LogP contribution in [0, 0.1) is 11.3 Å². The zero-order valence-electron chi connectivity index (χ0n) is 12.9. The average molecular weight is 289 g/mol. The van der Waals surface area contributed by atoms with E-state index in [2.05, 4.69) is 23.6 Å². The van der Waals surface area contributed by atoms with Crippen LogP contribution in [0.25, 0.3) is 0 Å². The fraction of sp³-hybridized carbons (Fsp3) is 0.500. The molecule has 0 aliphatic rings. The molecule has 0 aliphatic carbocycles. The van der Waals surface area contributed by atoms with Crippen molar-refractivity contribution in [1.82, 2.24) is 5.32 Å². The van der Waals surface area contributed by atoms with E-state index in [-0.39, 0.29) is 11.9 Å². The number of nitrogens with zero attached hydrogens (tertiary/aromatic N) is 1. The van der Waals surface area contributed by atoms with Gasteiger partial charge in [0.1, 0.15) is 11.8 Å². The van der Waals surface area contributed by atoms with Crippen LogP contribution in [0.5, 0.6) is 5.75 Å². The number of nitrogens with one attached hydrogen (secondary N) is 2. The van der Waals surface area contributed by atoms with Crippen LogP contribution in [0.1, 0.15) is 38.7 Å². The molecule has 0 heterocycles. The number of benzene rings is 1. The van der Waals surface area contributed by atoms with E-state index in [9.17, 15) is 4.79 Å². The molecule has 0 fully saturated rings. The summed E-state index contributed by atoms with van der Waals surface area (Å²) < 4.78 is 5.24. The number of carbonyl (C=O) groups is 1. The molecule has 0 saturated carbocycles. The third-order valence-corrected chi connectivity index (χ3v) is 3.18. The molecule has 0 aromatic heterocycles. The van der Waals surface area contributed by atoms with Gasteiger partial charge in [-0.2, -0.15) is 5.26 Å². The third-order valence-electron chi connectivity index (χ3n) is 3.18. The summed E-state index contributed by atoms with van der Waals surface area (Å²) in [5.41, 5.74) is 1.22. The smallest absolute Gasteiger partial charge is 0.242 e. The predicted octanol–water partition coefficient (Wildman–Crippen LogP) is 2.67. The minimum Gasteiger partial charge on any atom is -0.495 e. The Morgan fingerprint density at radius 1 is 1.43 bits per heavy atom. The van der Waals surface area contributed by atoms with Crippen LogP contribution < -0.4 is 15.4 Å². The number of anilines is 1. The van der Waals surface area contributed by atoms with E-state index in [1.165, 1.54) is 7.11 Å². The molecule has 21 heavy (non-hydrogen) atoms. The summed E-state index contributed by atoms with van der Waals surface area (Å²) in [7, 11) is 1.54. The molecule has 1 aromatic rings. The molecule has 5 heteroatoms. The van der Waals surface area contributed by atoms with Gasteiger partial charge in [-0.1, -0.05) is 19.8 Å². The minimum atomic E-state index is -0.367. The van der Waals surface area contributed by atoms with E-state index >= 15 is 0 Å². The van der Waals surface area contributed by atoms with Gasteiger partial charge in [-0.05, 0) is 25.5 Å². The number of ether oxygens (including phenoxy) is 1. The highest BCUT2D eigenvalue weighted by molar-refractivity contribution is 5.84. The van der Waals surface area contributed by atoms with Gasteiger partial charge < -0.3 is 15.4 Å². The van der Waals surface area contributed by atoms with Crippen LogP contribution in [0.4, 0.5) is 5.69 Å². The Bertz CT molecular complexity index is 509. The molecule has 1 aromatic carbocycles. The number of hydrogen-bond acceptors (Lipinski definition) is 4. The van der Waals surface area contributed by atoms with E-state index in [1.54, 1.807) is 25.1 Å². The standard InChI is InChI=1S/C16H23N3O2/c1-4-5-6-9-18-16(20)12(2)19-14-8-7-13(11-17)10-15(14)21-3/h7-8,10,12,19H,4-6,9H2,1-3H3,(H,18,20). The monoisotopic (exact) mass is 289 g/mol. The van der Waals surface area contributed by atoms with Crippen molar-refractivity contribution in [3.05, 3.63) is 23.8 Å². The molecular formula is C16H23N3O2. The van der Waals surface area contributed by atoms with Gasteiger partial charge in [0.15, 0.2) is 0 Å². The van der Waals surface area contributed by atoms with Gasteiger partial charge in [0.25, 0.3) is 0 Å². The van der Waals surface area contributed by atoms with Crippen molar-refractivity contribution in [2.75, 3.05) is 19.0 Å². The number of methoxy groups -OCH3 is 1. The molecular weight excluding hydrogens is 266 g/mol. The number of rotatable bonds is 8. The maximum atomic E-state index is 12.0. The second-order valence-electron chi connectivity index (χ2n) is 4.89.